The highest BCUT2D eigenvalue weighted by molar-refractivity contribution is 5.76. The van der Waals surface area contributed by atoms with Gasteiger partial charge in [-0.2, -0.15) is 5.10 Å². The van der Waals surface area contributed by atoms with E-state index in [1.54, 1.807) is 6.21 Å². The average molecular weight is 156 g/mol. The van der Waals surface area contributed by atoms with Crippen LogP contribution in [0, 0.1) is 5.41 Å². The Kier molecular flexibility index (Phi) is 3.57. The van der Waals surface area contributed by atoms with Crippen LogP contribution >= 0.6 is 0 Å². The van der Waals surface area contributed by atoms with Crippen molar-refractivity contribution in [3.05, 3.63) is 0 Å². The Morgan fingerprint density at radius 1 is 1.36 bits per heavy atom. The van der Waals surface area contributed by atoms with E-state index in [9.17, 15) is 0 Å². The Hall–Kier alpha value is -1.06. The van der Waals surface area contributed by atoms with Gasteiger partial charge >= 0.3 is 0 Å². The molecule has 0 aromatic rings. The van der Waals surface area contributed by atoms with E-state index in [0.29, 0.717) is 0 Å². The van der Waals surface area contributed by atoms with Crippen LogP contribution in [0.15, 0.2) is 10.2 Å². The Morgan fingerprint density at radius 2 is 1.91 bits per heavy atom. The first kappa shape index (κ1) is 9.94. The second-order valence-electron chi connectivity index (χ2n) is 3.59. The van der Waals surface area contributed by atoms with Crippen LogP contribution in [0.25, 0.3) is 0 Å². The molecule has 4 nitrogen and oxygen atoms in total. The van der Waals surface area contributed by atoms with E-state index < -0.39 is 0 Å². The van der Waals surface area contributed by atoms with Crippen LogP contribution in [-0.4, -0.2) is 12.2 Å². The molecule has 0 saturated carbocycles. The molecule has 0 rings (SSSR count). The van der Waals surface area contributed by atoms with Crippen molar-refractivity contribution < 1.29 is 0 Å². The summed E-state index contributed by atoms with van der Waals surface area (Å²) in [6.45, 7) is 6.36. The fraction of sp³-hybridized carbons (Fsp3) is 0.714. The first-order valence-electron chi connectivity index (χ1n) is 3.52. The monoisotopic (exact) mass is 156 g/mol. The maximum Gasteiger partial charge on any atom is 0.211 e. The molecule has 0 fully saturated rings. The summed E-state index contributed by atoms with van der Waals surface area (Å²) >= 11 is 0. The highest BCUT2D eigenvalue weighted by atomic mass is 15.3. The molecular weight excluding hydrogens is 140 g/mol. The van der Waals surface area contributed by atoms with Gasteiger partial charge in [-0.05, 0) is 11.8 Å². The largest absolute Gasteiger partial charge is 0.369 e. The Labute approximate surface area is 67.4 Å². The third-order valence-corrected chi connectivity index (χ3v) is 0.959. The van der Waals surface area contributed by atoms with Crippen LogP contribution in [0.4, 0.5) is 0 Å². The molecule has 0 aliphatic carbocycles. The molecule has 0 aromatic heterocycles. The summed E-state index contributed by atoms with van der Waals surface area (Å²) in [5.74, 6) is -0.00448. The number of nitrogens with two attached hydrogens (primary N) is 2. The lowest BCUT2D eigenvalue weighted by Gasteiger charge is -2.13. The van der Waals surface area contributed by atoms with Crippen LogP contribution in [0.2, 0.25) is 0 Å². The van der Waals surface area contributed by atoms with E-state index in [-0.39, 0.29) is 11.4 Å². The van der Waals surface area contributed by atoms with Crippen LogP contribution in [0.1, 0.15) is 27.2 Å². The molecule has 0 heterocycles. The minimum atomic E-state index is -0.00448. The summed E-state index contributed by atoms with van der Waals surface area (Å²) in [5.41, 5.74) is 10.4. The van der Waals surface area contributed by atoms with Crippen molar-refractivity contribution in [3.63, 3.8) is 0 Å². The molecule has 0 spiro atoms. The molecular formula is C7H16N4. The third kappa shape index (κ3) is 8.94. The zero-order valence-corrected chi connectivity index (χ0v) is 7.33. The van der Waals surface area contributed by atoms with Crippen molar-refractivity contribution >= 4 is 12.2 Å². The normalized spacial score (nSPS) is 11.9. The summed E-state index contributed by atoms with van der Waals surface area (Å²) < 4.78 is 0. The van der Waals surface area contributed by atoms with Gasteiger partial charge in [-0.3, -0.25) is 0 Å². The second kappa shape index (κ2) is 3.95. The molecule has 64 valence electrons. The fourth-order valence-electron chi connectivity index (χ4n) is 0.422. The molecule has 0 amide bonds. The molecule has 4 heteroatoms. The number of hydrogen-bond acceptors (Lipinski definition) is 2. The van der Waals surface area contributed by atoms with Gasteiger partial charge in [-0.15, -0.1) is 5.10 Å². The molecule has 11 heavy (non-hydrogen) atoms. The minimum absolute atomic E-state index is 0.00448. The topological polar surface area (TPSA) is 76.8 Å². The molecule has 0 bridgehead atoms. The first-order valence-corrected chi connectivity index (χ1v) is 3.52. The fourth-order valence-corrected chi connectivity index (χ4v) is 0.422. The van der Waals surface area contributed by atoms with E-state index >= 15 is 0 Å². The molecule has 0 saturated heterocycles. The lowest BCUT2D eigenvalue weighted by atomic mass is 9.93. The van der Waals surface area contributed by atoms with Gasteiger partial charge in [0.1, 0.15) is 0 Å². The van der Waals surface area contributed by atoms with Crippen LogP contribution in [-0.2, 0) is 0 Å². The van der Waals surface area contributed by atoms with Crippen molar-refractivity contribution in [2.45, 2.75) is 27.2 Å². The van der Waals surface area contributed by atoms with Gasteiger partial charge in [0.25, 0.3) is 0 Å². The van der Waals surface area contributed by atoms with E-state index in [4.69, 9.17) is 11.5 Å². The van der Waals surface area contributed by atoms with Crippen molar-refractivity contribution in [1.82, 2.24) is 0 Å². The quantitative estimate of drug-likeness (QED) is 0.350. The SMILES string of the molecule is CC(C)(C)C/C=N/N=C(N)N. The lowest BCUT2D eigenvalue weighted by molar-refractivity contribution is 0.437. The highest BCUT2D eigenvalue weighted by Crippen LogP contribution is 2.15. The summed E-state index contributed by atoms with van der Waals surface area (Å²) in [6, 6.07) is 0. The average Bonchev–Trinajstić information content (AvgIpc) is 1.78. The Bertz CT molecular complexity index is 160. The first-order chi connectivity index (χ1) is 4.92. The maximum atomic E-state index is 5.06. The second-order valence-corrected chi connectivity index (χ2v) is 3.59. The molecule has 0 atom stereocenters. The zero-order chi connectivity index (χ0) is 8.91. The smallest absolute Gasteiger partial charge is 0.211 e. The summed E-state index contributed by atoms with van der Waals surface area (Å²) in [7, 11) is 0. The Morgan fingerprint density at radius 3 is 2.27 bits per heavy atom. The predicted molar refractivity (Wildman–Crippen MR) is 48.4 cm³/mol. The number of hydrogen-bond donors (Lipinski definition) is 2. The zero-order valence-electron chi connectivity index (χ0n) is 7.33. The summed E-state index contributed by atoms with van der Waals surface area (Å²) in [5, 5.41) is 7.14. The molecule has 0 radical (unpaired) electrons. The van der Waals surface area contributed by atoms with Crippen molar-refractivity contribution in [1.29, 1.82) is 0 Å². The van der Waals surface area contributed by atoms with E-state index in [1.807, 2.05) is 0 Å². The lowest BCUT2D eigenvalue weighted by Crippen LogP contribution is -2.21. The van der Waals surface area contributed by atoms with Gasteiger partial charge in [0.05, 0.1) is 0 Å². The van der Waals surface area contributed by atoms with Crippen molar-refractivity contribution in [2.75, 3.05) is 0 Å². The van der Waals surface area contributed by atoms with Gasteiger partial charge < -0.3 is 11.5 Å². The molecule has 0 aromatic carbocycles. The van der Waals surface area contributed by atoms with Gasteiger partial charge in [0, 0.05) is 6.21 Å². The van der Waals surface area contributed by atoms with E-state index in [2.05, 4.69) is 31.0 Å². The van der Waals surface area contributed by atoms with Gasteiger partial charge in [-0.1, -0.05) is 20.8 Å². The van der Waals surface area contributed by atoms with Gasteiger partial charge in [-0.25, -0.2) is 0 Å². The Balaban J connectivity index is 3.71. The molecule has 4 N–H and O–H groups in total. The number of nitrogens with zero attached hydrogens (tertiary/aromatic N) is 2. The maximum absolute atomic E-state index is 5.06. The summed E-state index contributed by atoms with van der Waals surface area (Å²) in [4.78, 5) is 0. The highest BCUT2D eigenvalue weighted by Gasteiger charge is 2.06. The molecule has 0 unspecified atom stereocenters. The van der Waals surface area contributed by atoms with Gasteiger partial charge in [0.2, 0.25) is 5.96 Å². The molecule has 0 aliphatic heterocycles. The third-order valence-electron chi connectivity index (χ3n) is 0.959. The van der Waals surface area contributed by atoms with Crippen LogP contribution in [0.3, 0.4) is 0 Å². The standard InChI is InChI=1S/C7H16N4/c1-7(2,3)4-5-10-11-6(8)9/h5H,4H2,1-3H3,(H4,8,9,11)/b10-5+. The minimum Gasteiger partial charge on any atom is -0.369 e. The molecule has 0 aliphatic rings. The number of guanidine groups is 1. The predicted octanol–water partition coefficient (Wildman–Crippen LogP) is 0.682. The van der Waals surface area contributed by atoms with E-state index in [0.717, 1.165) is 6.42 Å². The number of rotatable bonds is 2. The van der Waals surface area contributed by atoms with Crippen LogP contribution in [0.5, 0.6) is 0 Å². The van der Waals surface area contributed by atoms with Crippen molar-refractivity contribution in [3.8, 4) is 0 Å². The van der Waals surface area contributed by atoms with E-state index in [1.165, 1.54) is 0 Å². The van der Waals surface area contributed by atoms with Crippen molar-refractivity contribution in [2.24, 2.45) is 27.1 Å². The summed E-state index contributed by atoms with van der Waals surface area (Å²) in [6.07, 6.45) is 2.57. The van der Waals surface area contributed by atoms with Gasteiger partial charge in [0.15, 0.2) is 0 Å². The van der Waals surface area contributed by atoms with Crippen LogP contribution < -0.4 is 11.5 Å².